The third kappa shape index (κ3) is 4.43. The van der Waals surface area contributed by atoms with Crippen molar-refractivity contribution in [2.24, 2.45) is 0 Å². The van der Waals surface area contributed by atoms with Crippen molar-refractivity contribution in [1.82, 2.24) is 20.0 Å². The van der Waals surface area contributed by atoms with Gasteiger partial charge in [0, 0.05) is 35.7 Å². The van der Waals surface area contributed by atoms with E-state index >= 15 is 0 Å². The Balaban J connectivity index is 1.33. The lowest BCUT2D eigenvalue weighted by molar-refractivity contribution is -0.721. The molecule has 0 spiro atoms. The Labute approximate surface area is 237 Å². The van der Waals surface area contributed by atoms with E-state index in [9.17, 15) is 0 Å². The molecule has 5 heteroatoms. The summed E-state index contributed by atoms with van der Waals surface area (Å²) in [5.74, 6) is 0. The zero-order chi connectivity index (χ0) is 27.7. The van der Waals surface area contributed by atoms with Crippen LogP contribution in [0.15, 0.2) is 91.5 Å². The van der Waals surface area contributed by atoms with Gasteiger partial charge in [-0.25, -0.2) is 4.68 Å². The molecule has 0 N–H and O–H groups in total. The Kier molecular flexibility index (Phi) is 7.05. The molecule has 0 fully saturated rings. The SMILES string of the molecule is CCCCc1ccc(-c2cncc(-c3cn(-c4ccc5c(c4)-c4cccc[n+]4C(C)C5(CC)CC)nn3)c2)cc1. The molecule has 5 aromatic rings. The largest absolute Gasteiger partial charge is 0.263 e. The average Bonchev–Trinajstić information content (AvgIpc) is 3.52. The Morgan fingerprint density at radius 1 is 0.875 bits per heavy atom. The van der Waals surface area contributed by atoms with Crippen LogP contribution < -0.4 is 4.57 Å². The Hall–Kier alpha value is -4.12. The molecular weight excluding hydrogens is 490 g/mol. The van der Waals surface area contributed by atoms with Crippen molar-refractivity contribution in [3.63, 3.8) is 0 Å². The van der Waals surface area contributed by atoms with Crippen LogP contribution in [0.1, 0.15) is 70.5 Å². The highest BCUT2D eigenvalue weighted by molar-refractivity contribution is 5.71. The standard InChI is InChI=1S/C35H38N5/c1-5-8-11-26-13-15-27(16-14-26)28-20-29(23-36-22-28)33-24-40(38-37-33)30-17-18-32-31(21-30)34-12-9-10-19-39(34)25(4)35(32,6-2)7-3/h9-10,12-25H,5-8,11H2,1-4H3/q+1. The monoisotopic (exact) mass is 528 g/mol. The van der Waals surface area contributed by atoms with Crippen molar-refractivity contribution in [2.45, 2.75) is 71.3 Å². The molecule has 1 aliphatic heterocycles. The molecule has 0 radical (unpaired) electrons. The minimum atomic E-state index is 0.0979. The lowest BCUT2D eigenvalue weighted by Gasteiger charge is -2.39. The van der Waals surface area contributed by atoms with Gasteiger partial charge < -0.3 is 0 Å². The van der Waals surface area contributed by atoms with Crippen LogP contribution in [0, 0.1) is 0 Å². The topological polar surface area (TPSA) is 47.5 Å². The van der Waals surface area contributed by atoms with Crippen molar-refractivity contribution < 1.29 is 4.57 Å². The molecule has 0 saturated heterocycles. The predicted molar refractivity (Wildman–Crippen MR) is 161 cm³/mol. The average molecular weight is 529 g/mol. The minimum Gasteiger partial charge on any atom is -0.263 e. The molecule has 0 aliphatic carbocycles. The first-order valence-electron chi connectivity index (χ1n) is 14.7. The number of aryl methyl sites for hydroxylation is 1. The summed E-state index contributed by atoms with van der Waals surface area (Å²) in [5.41, 5.74) is 10.5. The highest BCUT2D eigenvalue weighted by Gasteiger charge is 2.47. The van der Waals surface area contributed by atoms with Crippen molar-refractivity contribution in [2.75, 3.05) is 0 Å². The van der Waals surface area contributed by atoms with Crippen molar-refractivity contribution in [3.05, 3.63) is 103 Å². The second kappa shape index (κ2) is 10.8. The number of hydrogen-bond acceptors (Lipinski definition) is 3. The van der Waals surface area contributed by atoms with Crippen LogP contribution in [-0.2, 0) is 11.8 Å². The lowest BCUT2D eigenvalue weighted by Crippen LogP contribution is -2.54. The number of aromatic nitrogens is 5. The molecule has 202 valence electrons. The van der Waals surface area contributed by atoms with E-state index in [0.29, 0.717) is 6.04 Å². The first-order valence-corrected chi connectivity index (χ1v) is 14.7. The summed E-state index contributed by atoms with van der Waals surface area (Å²) in [6.07, 6.45) is 13.8. The van der Waals surface area contributed by atoms with E-state index < -0.39 is 0 Å². The van der Waals surface area contributed by atoms with Gasteiger partial charge in [0.15, 0.2) is 12.2 Å². The quantitative estimate of drug-likeness (QED) is 0.192. The molecule has 0 bridgehead atoms. The highest BCUT2D eigenvalue weighted by atomic mass is 15.4. The number of rotatable bonds is 8. The molecule has 6 rings (SSSR count). The van der Waals surface area contributed by atoms with E-state index in [2.05, 4.69) is 120 Å². The minimum absolute atomic E-state index is 0.0979. The molecule has 5 nitrogen and oxygen atoms in total. The zero-order valence-electron chi connectivity index (χ0n) is 24.0. The highest BCUT2D eigenvalue weighted by Crippen LogP contribution is 2.47. The fraction of sp³-hybridized carbons (Fsp3) is 0.314. The second-order valence-electron chi connectivity index (χ2n) is 11.1. The molecule has 2 aromatic carbocycles. The Morgan fingerprint density at radius 3 is 2.45 bits per heavy atom. The summed E-state index contributed by atoms with van der Waals surface area (Å²) in [5, 5.41) is 9.08. The first kappa shape index (κ1) is 26.1. The maximum atomic E-state index is 4.54. The zero-order valence-corrected chi connectivity index (χ0v) is 24.0. The summed E-state index contributed by atoms with van der Waals surface area (Å²) < 4.78 is 4.33. The number of nitrogens with zero attached hydrogens (tertiary/aromatic N) is 5. The molecular formula is C35H38N5+. The maximum absolute atomic E-state index is 4.54. The molecule has 40 heavy (non-hydrogen) atoms. The summed E-state index contributed by atoms with van der Waals surface area (Å²) in [4.78, 5) is 4.54. The number of hydrogen-bond donors (Lipinski definition) is 0. The van der Waals surface area contributed by atoms with E-state index in [0.717, 1.165) is 47.3 Å². The van der Waals surface area contributed by atoms with Gasteiger partial charge in [0.25, 0.3) is 0 Å². The van der Waals surface area contributed by atoms with Crippen LogP contribution in [0.2, 0.25) is 0 Å². The Bertz CT molecular complexity index is 1630. The third-order valence-corrected chi connectivity index (χ3v) is 9.08. The van der Waals surface area contributed by atoms with Crippen LogP contribution in [0.5, 0.6) is 0 Å². The molecule has 0 amide bonds. The van der Waals surface area contributed by atoms with Gasteiger partial charge in [-0.3, -0.25) is 4.98 Å². The number of pyridine rings is 2. The molecule has 3 aromatic heterocycles. The normalized spacial score (nSPS) is 15.4. The second-order valence-corrected chi connectivity index (χ2v) is 11.1. The van der Waals surface area contributed by atoms with Crippen LogP contribution in [-0.4, -0.2) is 20.0 Å². The summed E-state index contributed by atoms with van der Waals surface area (Å²) >= 11 is 0. The fourth-order valence-corrected chi connectivity index (χ4v) is 6.56. The van der Waals surface area contributed by atoms with Gasteiger partial charge in [-0.05, 0) is 73.6 Å². The molecule has 4 heterocycles. The van der Waals surface area contributed by atoms with Gasteiger partial charge >= 0.3 is 0 Å². The lowest BCUT2D eigenvalue weighted by atomic mass is 9.66. The van der Waals surface area contributed by atoms with Crippen LogP contribution in [0.3, 0.4) is 0 Å². The van der Waals surface area contributed by atoms with Crippen LogP contribution in [0.4, 0.5) is 0 Å². The van der Waals surface area contributed by atoms with E-state index in [-0.39, 0.29) is 5.41 Å². The number of benzene rings is 2. The van der Waals surface area contributed by atoms with Crippen molar-refractivity contribution >= 4 is 0 Å². The number of fused-ring (bicyclic) bond motifs is 3. The molecule has 1 unspecified atom stereocenters. The predicted octanol–water partition coefficient (Wildman–Crippen LogP) is 7.93. The van der Waals surface area contributed by atoms with Crippen LogP contribution in [0.25, 0.3) is 39.3 Å². The Morgan fingerprint density at radius 2 is 1.68 bits per heavy atom. The van der Waals surface area contributed by atoms with E-state index in [1.54, 1.807) is 0 Å². The van der Waals surface area contributed by atoms with E-state index in [4.69, 9.17) is 0 Å². The van der Waals surface area contributed by atoms with Gasteiger partial charge in [-0.1, -0.05) is 62.7 Å². The van der Waals surface area contributed by atoms with Crippen molar-refractivity contribution in [1.29, 1.82) is 0 Å². The van der Waals surface area contributed by atoms with Gasteiger partial charge in [0.05, 0.1) is 22.9 Å². The van der Waals surface area contributed by atoms with Gasteiger partial charge in [-0.15, -0.1) is 5.10 Å². The molecule has 0 saturated carbocycles. The molecule has 1 atom stereocenters. The van der Waals surface area contributed by atoms with E-state index in [1.807, 2.05) is 23.3 Å². The fourth-order valence-electron chi connectivity index (χ4n) is 6.56. The maximum Gasteiger partial charge on any atom is 0.213 e. The van der Waals surface area contributed by atoms with Gasteiger partial charge in [-0.2, -0.15) is 4.57 Å². The summed E-state index contributed by atoms with van der Waals surface area (Å²) in [6, 6.07) is 24.7. The first-order chi connectivity index (χ1) is 19.6. The van der Waals surface area contributed by atoms with Gasteiger partial charge in [0.2, 0.25) is 5.69 Å². The van der Waals surface area contributed by atoms with Crippen molar-refractivity contribution in [3.8, 4) is 39.3 Å². The summed E-state index contributed by atoms with van der Waals surface area (Å²) in [7, 11) is 0. The van der Waals surface area contributed by atoms with E-state index in [1.165, 1.54) is 35.2 Å². The number of unbranched alkanes of at least 4 members (excludes halogenated alkanes) is 1. The third-order valence-electron chi connectivity index (χ3n) is 9.08. The van der Waals surface area contributed by atoms with Gasteiger partial charge in [0.1, 0.15) is 5.69 Å². The smallest absolute Gasteiger partial charge is 0.213 e. The van der Waals surface area contributed by atoms with Crippen LogP contribution >= 0.6 is 0 Å². The molecule has 1 aliphatic rings. The summed E-state index contributed by atoms with van der Waals surface area (Å²) in [6.45, 7) is 9.23.